The van der Waals surface area contributed by atoms with E-state index in [0.29, 0.717) is 10.8 Å². The minimum atomic E-state index is -0.112. The van der Waals surface area contributed by atoms with Crippen molar-refractivity contribution >= 4 is 23.2 Å². The molecule has 1 fully saturated rings. The van der Waals surface area contributed by atoms with Gasteiger partial charge in [0.05, 0.1) is 11.7 Å². The molecule has 0 saturated carbocycles. The molecular weight excluding hydrogens is 238 g/mol. The quantitative estimate of drug-likeness (QED) is 0.794. The Morgan fingerprint density at radius 1 is 1.59 bits per heavy atom. The van der Waals surface area contributed by atoms with E-state index in [1.54, 1.807) is 6.20 Å². The fourth-order valence-electron chi connectivity index (χ4n) is 1.96. The van der Waals surface area contributed by atoms with Crippen LogP contribution in [0, 0.1) is 6.92 Å². The monoisotopic (exact) mass is 253 g/mol. The molecule has 1 aromatic heterocycles. The Hall–Kier alpha value is -1.13. The third-order valence-electron chi connectivity index (χ3n) is 2.99. The number of aromatic nitrogens is 1. The van der Waals surface area contributed by atoms with Crippen LogP contribution in [0.4, 0.5) is 5.69 Å². The van der Waals surface area contributed by atoms with Gasteiger partial charge in [0.1, 0.15) is 0 Å². The number of nitrogens with zero attached hydrogens (tertiary/aromatic N) is 1. The van der Waals surface area contributed by atoms with Crippen LogP contribution in [0.1, 0.15) is 24.8 Å². The summed E-state index contributed by atoms with van der Waals surface area (Å²) in [6.07, 6.45) is 4.73. The van der Waals surface area contributed by atoms with Gasteiger partial charge in [-0.15, -0.1) is 0 Å². The highest BCUT2D eigenvalue weighted by Gasteiger charge is 2.21. The summed E-state index contributed by atoms with van der Waals surface area (Å²) in [4.78, 5) is 16.0. The first-order valence-electron chi connectivity index (χ1n) is 5.84. The molecular formula is C12H16ClN3O. The first kappa shape index (κ1) is 12.3. The summed E-state index contributed by atoms with van der Waals surface area (Å²) in [5.74, 6) is -0.0253. The van der Waals surface area contributed by atoms with Crippen molar-refractivity contribution in [1.82, 2.24) is 10.3 Å². The van der Waals surface area contributed by atoms with Gasteiger partial charge in [-0.3, -0.25) is 4.79 Å². The maximum Gasteiger partial charge on any atom is 0.241 e. The van der Waals surface area contributed by atoms with Crippen LogP contribution in [-0.4, -0.2) is 23.5 Å². The van der Waals surface area contributed by atoms with E-state index in [0.717, 1.165) is 31.4 Å². The van der Waals surface area contributed by atoms with Gasteiger partial charge < -0.3 is 10.6 Å². The number of anilines is 1. The van der Waals surface area contributed by atoms with Crippen LogP contribution < -0.4 is 10.6 Å². The minimum absolute atomic E-state index is 0.0253. The van der Waals surface area contributed by atoms with E-state index in [1.165, 1.54) is 0 Å². The number of halogens is 1. The van der Waals surface area contributed by atoms with E-state index in [9.17, 15) is 4.79 Å². The molecule has 1 aliphatic heterocycles. The van der Waals surface area contributed by atoms with Gasteiger partial charge in [0.15, 0.2) is 5.15 Å². The number of amides is 1. The molecule has 92 valence electrons. The summed E-state index contributed by atoms with van der Waals surface area (Å²) >= 11 is 5.97. The number of carbonyl (C=O) groups is 1. The predicted molar refractivity (Wildman–Crippen MR) is 68.3 cm³/mol. The summed E-state index contributed by atoms with van der Waals surface area (Å²) in [5.41, 5.74) is 1.54. The lowest BCUT2D eigenvalue weighted by Crippen LogP contribution is -2.43. The van der Waals surface area contributed by atoms with Crippen LogP contribution in [0.25, 0.3) is 0 Å². The zero-order valence-corrected chi connectivity index (χ0v) is 10.5. The summed E-state index contributed by atoms with van der Waals surface area (Å²) in [6.45, 7) is 2.80. The van der Waals surface area contributed by atoms with E-state index in [1.807, 2.05) is 13.0 Å². The molecule has 1 unspecified atom stereocenters. The zero-order chi connectivity index (χ0) is 12.3. The summed E-state index contributed by atoms with van der Waals surface area (Å²) < 4.78 is 0. The van der Waals surface area contributed by atoms with Crippen LogP contribution in [-0.2, 0) is 4.79 Å². The number of rotatable bonds is 2. The van der Waals surface area contributed by atoms with Crippen LogP contribution >= 0.6 is 11.6 Å². The second-order valence-electron chi connectivity index (χ2n) is 4.29. The number of pyridine rings is 1. The number of carbonyl (C=O) groups excluding carboxylic acids is 1. The molecule has 1 saturated heterocycles. The maximum atomic E-state index is 12.0. The first-order valence-corrected chi connectivity index (χ1v) is 6.21. The van der Waals surface area contributed by atoms with Crippen LogP contribution in [0.15, 0.2) is 12.3 Å². The summed E-state index contributed by atoms with van der Waals surface area (Å²) in [5, 5.41) is 6.40. The van der Waals surface area contributed by atoms with Crippen molar-refractivity contribution in [2.45, 2.75) is 32.2 Å². The maximum absolute atomic E-state index is 12.0. The highest BCUT2D eigenvalue weighted by molar-refractivity contribution is 6.32. The Morgan fingerprint density at radius 3 is 3.06 bits per heavy atom. The zero-order valence-electron chi connectivity index (χ0n) is 9.79. The van der Waals surface area contributed by atoms with Crippen LogP contribution in [0.3, 0.4) is 0 Å². The lowest BCUT2D eigenvalue weighted by atomic mass is 10.0. The van der Waals surface area contributed by atoms with E-state index >= 15 is 0 Å². The van der Waals surface area contributed by atoms with E-state index in [2.05, 4.69) is 15.6 Å². The average molecular weight is 254 g/mol. The standard InChI is InChI=1S/C12H16ClN3O/c1-8-5-7-15-11(13)10(8)16-12(17)9-4-2-3-6-14-9/h5,7,9,14H,2-4,6H2,1H3,(H,16,17). The molecule has 1 aromatic rings. The third-order valence-corrected chi connectivity index (χ3v) is 3.27. The van der Waals surface area contributed by atoms with Gasteiger partial charge in [-0.2, -0.15) is 0 Å². The SMILES string of the molecule is Cc1ccnc(Cl)c1NC(=O)C1CCCCN1. The van der Waals surface area contributed by atoms with Gasteiger partial charge in [0.2, 0.25) is 5.91 Å². The molecule has 4 nitrogen and oxygen atoms in total. The fraction of sp³-hybridized carbons (Fsp3) is 0.500. The molecule has 1 aliphatic rings. The number of hydrogen-bond acceptors (Lipinski definition) is 3. The van der Waals surface area contributed by atoms with Crippen molar-refractivity contribution in [1.29, 1.82) is 0 Å². The normalized spacial score (nSPS) is 20.0. The molecule has 0 bridgehead atoms. The Labute approximate surface area is 106 Å². The molecule has 0 aromatic carbocycles. The van der Waals surface area contributed by atoms with E-state index in [-0.39, 0.29) is 11.9 Å². The molecule has 2 heterocycles. The van der Waals surface area contributed by atoms with Crippen LogP contribution in [0.2, 0.25) is 5.15 Å². The van der Waals surface area contributed by atoms with Gasteiger partial charge in [-0.25, -0.2) is 4.98 Å². The fourth-order valence-corrected chi connectivity index (χ4v) is 2.21. The summed E-state index contributed by atoms with van der Waals surface area (Å²) in [6, 6.07) is 1.72. The third kappa shape index (κ3) is 2.96. The average Bonchev–Trinajstić information content (AvgIpc) is 2.35. The van der Waals surface area contributed by atoms with Crippen molar-refractivity contribution in [3.63, 3.8) is 0 Å². The Bertz CT molecular complexity index is 396. The smallest absolute Gasteiger partial charge is 0.241 e. The molecule has 17 heavy (non-hydrogen) atoms. The van der Waals surface area contributed by atoms with E-state index in [4.69, 9.17) is 11.6 Å². The highest BCUT2D eigenvalue weighted by Crippen LogP contribution is 2.23. The van der Waals surface area contributed by atoms with Crippen molar-refractivity contribution in [2.75, 3.05) is 11.9 Å². The number of nitrogens with one attached hydrogen (secondary N) is 2. The Kier molecular flexibility index (Phi) is 3.97. The number of aryl methyl sites for hydroxylation is 1. The number of hydrogen-bond donors (Lipinski definition) is 2. The highest BCUT2D eigenvalue weighted by atomic mass is 35.5. The molecule has 0 spiro atoms. The molecule has 2 N–H and O–H groups in total. The molecule has 1 atom stereocenters. The molecule has 0 radical (unpaired) electrons. The largest absolute Gasteiger partial charge is 0.322 e. The second-order valence-corrected chi connectivity index (χ2v) is 4.64. The lowest BCUT2D eigenvalue weighted by molar-refractivity contribution is -0.118. The van der Waals surface area contributed by atoms with Gasteiger partial charge in [-0.1, -0.05) is 18.0 Å². The van der Waals surface area contributed by atoms with Gasteiger partial charge in [0.25, 0.3) is 0 Å². The molecule has 5 heteroatoms. The van der Waals surface area contributed by atoms with Crippen molar-refractivity contribution in [2.24, 2.45) is 0 Å². The first-order chi connectivity index (χ1) is 8.18. The van der Waals surface area contributed by atoms with Crippen molar-refractivity contribution in [3.8, 4) is 0 Å². The molecule has 1 amide bonds. The van der Waals surface area contributed by atoms with Crippen molar-refractivity contribution < 1.29 is 4.79 Å². The minimum Gasteiger partial charge on any atom is -0.322 e. The van der Waals surface area contributed by atoms with Gasteiger partial charge >= 0.3 is 0 Å². The van der Waals surface area contributed by atoms with Gasteiger partial charge in [0, 0.05) is 6.20 Å². The van der Waals surface area contributed by atoms with Crippen molar-refractivity contribution in [3.05, 3.63) is 23.0 Å². The Balaban J connectivity index is 2.07. The van der Waals surface area contributed by atoms with Gasteiger partial charge in [-0.05, 0) is 37.9 Å². The number of piperidine rings is 1. The second kappa shape index (κ2) is 5.47. The molecule has 2 rings (SSSR count). The molecule has 0 aliphatic carbocycles. The summed E-state index contributed by atoms with van der Waals surface area (Å²) in [7, 11) is 0. The predicted octanol–water partition coefficient (Wildman–Crippen LogP) is 2.12. The Morgan fingerprint density at radius 2 is 2.41 bits per heavy atom. The topological polar surface area (TPSA) is 54.0 Å². The van der Waals surface area contributed by atoms with E-state index < -0.39 is 0 Å². The lowest BCUT2D eigenvalue weighted by Gasteiger charge is -2.23. The van der Waals surface area contributed by atoms with Crippen LogP contribution in [0.5, 0.6) is 0 Å².